The Morgan fingerprint density at radius 1 is 1.19 bits per heavy atom. The van der Waals surface area contributed by atoms with Gasteiger partial charge in [0.15, 0.2) is 0 Å². The second-order valence-corrected chi connectivity index (χ2v) is 10.4. The molecule has 1 aromatic carbocycles. The Morgan fingerprint density at radius 2 is 1.94 bits per heavy atom. The molecule has 2 aliphatic heterocycles. The smallest absolute Gasteiger partial charge is 0.339 e. The number of piperidine rings is 1. The number of hydrogen-bond acceptors (Lipinski definition) is 6. The van der Waals surface area contributed by atoms with Crippen LogP contribution in [0.4, 0.5) is 11.5 Å². The first-order valence-corrected chi connectivity index (χ1v) is 12.6. The second kappa shape index (κ2) is 9.46. The average Bonchev–Trinajstić information content (AvgIpc) is 3.27. The first-order valence-electron chi connectivity index (χ1n) is 11.1. The third-order valence-corrected chi connectivity index (χ3v) is 7.81. The summed E-state index contributed by atoms with van der Waals surface area (Å²) < 4.78 is 28.1. The Hall–Kier alpha value is -2.65. The lowest BCUT2D eigenvalue weighted by Gasteiger charge is -2.36. The monoisotopic (exact) mass is 458 g/mol. The minimum Gasteiger partial charge on any atom is -0.478 e. The van der Waals surface area contributed by atoms with Gasteiger partial charge >= 0.3 is 5.97 Å². The third kappa shape index (κ3) is 5.05. The molecule has 2 aliphatic rings. The molecule has 0 spiro atoms. The first-order chi connectivity index (χ1) is 15.3. The van der Waals surface area contributed by atoms with E-state index in [2.05, 4.69) is 14.6 Å². The molecule has 2 aromatic rings. The molecule has 8 nitrogen and oxygen atoms in total. The van der Waals surface area contributed by atoms with Gasteiger partial charge in [-0.05, 0) is 69.3 Å². The van der Waals surface area contributed by atoms with Crippen LogP contribution >= 0.6 is 0 Å². The Morgan fingerprint density at radius 3 is 2.66 bits per heavy atom. The fraction of sp³-hybridized carbons (Fsp3) is 0.478. The van der Waals surface area contributed by atoms with Gasteiger partial charge in [0.1, 0.15) is 11.4 Å². The Kier molecular flexibility index (Phi) is 6.66. The van der Waals surface area contributed by atoms with Gasteiger partial charge in [0.05, 0.1) is 16.8 Å². The number of aromatic nitrogens is 1. The molecule has 2 N–H and O–H groups in total. The molecule has 0 radical (unpaired) electrons. The van der Waals surface area contributed by atoms with E-state index >= 15 is 0 Å². The molecule has 9 heteroatoms. The number of rotatable bonds is 7. The lowest BCUT2D eigenvalue weighted by atomic mass is 9.97. The molecule has 4 rings (SSSR count). The predicted octanol–water partition coefficient (Wildman–Crippen LogP) is 3.20. The summed E-state index contributed by atoms with van der Waals surface area (Å²) in [6, 6.07) is 8.02. The van der Waals surface area contributed by atoms with Gasteiger partial charge in [0.25, 0.3) is 10.0 Å². The standard InChI is InChI=1S/C23H30N4O4S/c1-17-7-2-3-9-21(17)32(30,31)25-19-13-20(23(28)29)22(24-14-19)27-12-6-8-18(16-27)15-26-10-4-5-11-26/h2-3,7,9,13-14,18,25H,4-6,8,10-12,15-16H2,1H3,(H,28,29). The van der Waals surface area contributed by atoms with Crippen LogP contribution in [-0.4, -0.2) is 62.1 Å². The van der Waals surface area contributed by atoms with Crippen LogP contribution in [0.2, 0.25) is 0 Å². The van der Waals surface area contributed by atoms with Crippen molar-refractivity contribution in [2.45, 2.75) is 37.5 Å². The Balaban J connectivity index is 1.54. The number of sulfonamides is 1. The number of benzene rings is 1. The van der Waals surface area contributed by atoms with Crippen molar-refractivity contribution in [3.8, 4) is 0 Å². The zero-order valence-corrected chi connectivity index (χ0v) is 19.1. The number of carbonyl (C=O) groups is 1. The van der Waals surface area contributed by atoms with Crippen LogP contribution < -0.4 is 9.62 Å². The fourth-order valence-electron chi connectivity index (χ4n) is 4.73. The number of likely N-dealkylation sites (tertiary alicyclic amines) is 1. The van der Waals surface area contributed by atoms with Crippen molar-refractivity contribution in [2.75, 3.05) is 42.3 Å². The number of carboxylic acid groups (broad SMARTS) is 1. The van der Waals surface area contributed by atoms with Crippen molar-refractivity contribution in [1.29, 1.82) is 0 Å². The van der Waals surface area contributed by atoms with Crippen molar-refractivity contribution in [2.24, 2.45) is 5.92 Å². The van der Waals surface area contributed by atoms with E-state index < -0.39 is 16.0 Å². The second-order valence-electron chi connectivity index (χ2n) is 8.73. The summed E-state index contributed by atoms with van der Waals surface area (Å²) in [6.45, 7) is 6.55. The molecule has 0 bridgehead atoms. The molecular weight excluding hydrogens is 428 g/mol. The highest BCUT2D eigenvalue weighted by Crippen LogP contribution is 2.28. The first kappa shape index (κ1) is 22.5. The van der Waals surface area contributed by atoms with Gasteiger partial charge < -0.3 is 14.9 Å². The van der Waals surface area contributed by atoms with E-state index in [0.29, 0.717) is 17.3 Å². The SMILES string of the molecule is Cc1ccccc1S(=O)(=O)Nc1cnc(N2CCCC(CN3CCCC3)C2)c(C(=O)O)c1. The maximum absolute atomic E-state index is 12.8. The minimum absolute atomic E-state index is 0.0109. The molecule has 0 saturated carbocycles. The predicted molar refractivity (Wildman–Crippen MR) is 124 cm³/mol. The molecule has 0 aliphatic carbocycles. The molecule has 1 unspecified atom stereocenters. The molecule has 1 atom stereocenters. The zero-order valence-electron chi connectivity index (χ0n) is 18.3. The number of nitrogens with zero attached hydrogens (tertiary/aromatic N) is 3. The molecular formula is C23H30N4O4S. The summed E-state index contributed by atoms with van der Waals surface area (Å²) in [5.74, 6) is -0.238. The number of aromatic carboxylic acids is 1. The van der Waals surface area contributed by atoms with Gasteiger partial charge in [-0.15, -0.1) is 0 Å². The van der Waals surface area contributed by atoms with E-state index in [1.165, 1.54) is 31.2 Å². The van der Waals surface area contributed by atoms with Crippen LogP contribution in [0.5, 0.6) is 0 Å². The number of carboxylic acids is 1. The van der Waals surface area contributed by atoms with Crippen LogP contribution in [0.25, 0.3) is 0 Å². The highest BCUT2D eigenvalue weighted by Gasteiger charge is 2.27. The van der Waals surface area contributed by atoms with Crippen molar-refractivity contribution in [3.63, 3.8) is 0 Å². The van der Waals surface area contributed by atoms with Crippen molar-refractivity contribution in [1.82, 2.24) is 9.88 Å². The van der Waals surface area contributed by atoms with Crippen molar-refractivity contribution < 1.29 is 18.3 Å². The third-order valence-electron chi connectivity index (χ3n) is 6.27. The molecule has 3 heterocycles. The van der Waals surface area contributed by atoms with Crippen LogP contribution in [0.15, 0.2) is 41.4 Å². The maximum Gasteiger partial charge on any atom is 0.339 e. The lowest BCUT2D eigenvalue weighted by molar-refractivity contribution is 0.0697. The summed E-state index contributed by atoms with van der Waals surface area (Å²) in [7, 11) is -3.85. The van der Waals surface area contributed by atoms with Gasteiger partial charge in [-0.3, -0.25) is 4.72 Å². The van der Waals surface area contributed by atoms with E-state index in [4.69, 9.17) is 0 Å². The normalized spacial score (nSPS) is 19.8. The number of anilines is 2. The number of nitrogens with one attached hydrogen (secondary N) is 1. The van der Waals surface area contributed by atoms with E-state index in [1.807, 2.05) is 4.90 Å². The number of aryl methyl sites for hydroxylation is 1. The topological polar surface area (TPSA) is 103 Å². The van der Waals surface area contributed by atoms with E-state index in [-0.39, 0.29) is 16.1 Å². The lowest BCUT2D eigenvalue weighted by Crippen LogP contribution is -2.41. The van der Waals surface area contributed by atoms with Crippen LogP contribution in [0, 0.1) is 12.8 Å². The summed E-state index contributed by atoms with van der Waals surface area (Å²) in [5.41, 5.74) is 0.761. The van der Waals surface area contributed by atoms with Gasteiger partial charge in [0, 0.05) is 19.6 Å². The molecule has 0 amide bonds. The Bertz CT molecular complexity index is 1080. The highest BCUT2D eigenvalue weighted by molar-refractivity contribution is 7.92. The largest absolute Gasteiger partial charge is 0.478 e. The van der Waals surface area contributed by atoms with Crippen molar-refractivity contribution >= 4 is 27.5 Å². The maximum atomic E-state index is 12.8. The Labute approximate surface area is 189 Å². The summed E-state index contributed by atoms with van der Waals surface area (Å²) in [5, 5.41) is 9.82. The number of pyridine rings is 1. The van der Waals surface area contributed by atoms with Crippen LogP contribution in [-0.2, 0) is 10.0 Å². The van der Waals surface area contributed by atoms with Crippen molar-refractivity contribution in [3.05, 3.63) is 47.7 Å². The fourth-order valence-corrected chi connectivity index (χ4v) is 6.01. The van der Waals surface area contributed by atoms with Gasteiger partial charge in [-0.25, -0.2) is 18.2 Å². The van der Waals surface area contributed by atoms with E-state index in [0.717, 1.165) is 45.6 Å². The molecule has 2 saturated heterocycles. The average molecular weight is 459 g/mol. The van der Waals surface area contributed by atoms with Gasteiger partial charge in [-0.2, -0.15) is 0 Å². The summed E-state index contributed by atoms with van der Waals surface area (Å²) in [4.78, 5) is 21.1. The summed E-state index contributed by atoms with van der Waals surface area (Å²) in [6.07, 6.45) is 6.02. The highest BCUT2D eigenvalue weighted by atomic mass is 32.2. The molecule has 2 fully saturated rings. The van der Waals surface area contributed by atoms with Crippen LogP contribution in [0.1, 0.15) is 41.6 Å². The minimum atomic E-state index is -3.85. The van der Waals surface area contributed by atoms with E-state index in [9.17, 15) is 18.3 Å². The molecule has 1 aromatic heterocycles. The quantitative estimate of drug-likeness (QED) is 0.657. The summed E-state index contributed by atoms with van der Waals surface area (Å²) >= 11 is 0. The van der Waals surface area contributed by atoms with Crippen LogP contribution in [0.3, 0.4) is 0 Å². The number of hydrogen-bond donors (Lipinski definition) is 2. The molecule has 32 heavy (non-hydrogen) atoms. The molecule has 172 valence electrons. The van der Waals surface area contributed by atoms with Gasteiger partial charge in [0.2, 0.25) is 0 Å². The van der Waals surface area contributed by atoms with Gasteiger partial charge in [-0.1, -0.05) is 18.2 Å². The zero-order chi connectivity index (χ0) is 22.7. The van der Waals surface area contributed by atoms with E-state index in [1.54, 1.807) is 25.1 Å².